The summed E-state index contributed by atoms with van der Waals surface area (Å²) >= 11 is 18.1. The van der Waals surface area contributed by atoms with Crippen molar-refractivity contribution in [3.05, 3.63) is 54.9 Å². The van der Waals surface area contributed by atoms with Crippen molar-refractivity contribution in [2.75, 3.05) is 6.61 Å². The second-order valence-electron chi connectivity index (χ2n) is 4.49. The van der Waals surface area contributed by atoms with Gasteiger partial charge in [-0.3, -0.25) is 4.79 Å². The zero-order chi connectivity index (χ0) is 17.7. The van der Waals surface area contributed by atoms with E-state index in [9.17, 15) is 9.90 Å². The largest absolute Gasteiger partial charge is 0.506 e. The van der Waals surface area contributed by atoms with Gasteiger partial charge in [-0.25, -0.2) is 5.43 Å². The number of carbonyl (C=O) groups excluding carboxylic acids is 1. The topological polar surface area (TPSA) is 70.9 Å². The number of carbonyl (C=O) groups is 1. The van der Waals surface area contributed by atoms with Crippen LogP contribution in [0.3, 0.4) is 0 Å². The molecule has 0 atom stereocenters. The molecule has 0 radical (unpaired) electrons. The lowest BCUT2D eigenvalue weighted by Gasteiger charge is -2.07. The second kappa shape index (κ2) is 8.71. The minimum absolute atomic E-state index is 0.0874. The Balaban J connectivity index is 1.89. The maximum Gasteiger partial charge on any atom is 0.277 e. The van der Waals surface area contributed by atoms with Crippen molar-refractivity contribution in [3.8, 4) is 11.5 Å². The molecule has 2 N–H and O–H groups in total. The number of amides is 1. The quantitative estimate of drug-likeness (QED) is 0.463. The summed E-state index contributed by atoms with van der Waals surface area (Å²) in [5, 5.41) is 14.2. The smallest absolute Gasteiger partial charge is 0.277 e. The van der Waals surface area contributed by atoms with E-state index < -0.39 is 5.91 Å². The normalized spacial score (nSPS) is 10.8. The highest BCUT2D eigenvalue weighted by Gasteiger charge is 2.07. The summed E-state index contributed by atoms with van der Waals surface area (Å²) < 4.78 is 6.30. The standard InChI is InChI=1S/C15H10Br2Cl2N2O3/c16-10-3-8(4-11(17)15(10)23)6-20-21-14(22)7-24-13-2-1-9(18)5-12(13)19/h1-6,23H,7H2,(H,21,22). The van der Waals surface area contributed by atoms with Crippen molar-refractivity contribution in [1.29, 1.82) is 0 Å². The Morgan fingerprint density at radius 1 is 1.25 bits per heavy atom. The van der Waals surface area contributed by atoms with Crippen molar-refractivity contribution in [3.63, 3.8) is 0 Å². The first-order valence-corrected chi connectivity index (χ1v) is 8.79. The molecule has 0 aliphatic rings. The van der Waals surface area contributed by atoms with Crippen LogP contribution in [0.2, 0.25) is 10.0 Å². The molecule has 9 heteroatoms. The van der Waals surface area contributed by atoms with Gasteiger partial charge in [0.25, 0.3) is 5.91 Å². The van der Waals surface area contributed by atoms with Crippen LogP contribution in [0.4, 0.5) is 0 Å². The van der Waals surface area contributed by atoms with Crippen LogP contribution in [-0.2, 0) is 4.79 Å². The fourth-order valence-electron chi connectivity index (χ4n) is 1.61. The summed E-state index contributed by atoms with van der Waals surface area (Å²) in [7, 11) is 0. The molecule has 2 aromatic rings. The molecule has 0 fully saturated rings. The number of halogens is 4. The van der Waals surface area contributed by atoms with Crippen LogP contribution in [0, 0.1) is 0 Å². The maximum atomic E-state index is 11.7. The lowest BCUT2D eigenvalue weighted by molar-refractivity contribution is -0.123. The number of hydrazone groups is 1. The van der Waals surface area contributed by atoms with Crippen LogP contribution in [0.5, 0.6) is 11.5 Å². The number of aromatic hydroxyl groups is 1. The third-order valence-electron chi connectivity index (χ3n) is 2.69. The number of nitrogens with one attached hydrogen (secondary N) is 1. The molecule has 0 spiro atoms. The summed E-state index contributed by atoms with van der Waals surface area (Å²) in [5.74, 6) is -0.00908. The molecule has 0 unspecified atom stereocenters. The number of phenolic OH excluding ortho intramolecular Hbond substituents is 1. The van der Waals surface area contributed by atoms with Crippen molar-refractivity contribution in [2.45, 2.75) is 0 Å². The Morgan fingerprint density at radius 2 is 1.92 bits per heavy atom. The summed E-state index contributed by atoms with van der Waals surface area (Å²) in [6.45, 7) is -0.248. The molecular weight excluding hydrogens is 487 g/mol. The Hall–Kier alpha value is -1.28. The summed E-state index contributed by atoms with van der Waals surface area (Å²) in [5.41, 5.74) is 3.00. The number of nitrogens with zero attached hydrogens (tertiary/aromatic N) is 1. The van der Waals surface area contributed by atoms with Gasteiger partial charge in [-0.05, 0) is 67.8 Å². The van der Waals surface area contributed by atoms with Crippen LogP contribution >= 0.6 is 55.1 Å². The molecule has 0 aliphatic heterocycles. The number of benzene rings is 2. The van der Waals surface area contributed by atoms with E-state index in [-0.39, 0.29) is 12.4 Å². The first-order valence-electron chi connectivity index (χ1n) is 6.44. The molecule has 0 saturated heterocycles. The lowest BCUT2D eigenvalue weighted by atomic mass is 10.2. The van der Waals surface area contributed by atoms with E-state index in [1.54, 1.807) is 24.3 Å². The number of hydrogen-bond acceptors (Lipinski definition) is 4. The van der Waals surface area contributed by atoms with Crippen LogP contribution in [0.15, 0.2) is 44.4 Å². The highest BCUT2D eigenvalue weighted by atomic mass is 79.9. The minimum Gasteiger partial charge on any atom is -0.506 e. The SMILES string of the molecule is O=C(COc1ccc(Cl)cc1Cl)NN=Cc1cc(Br)c(O)c(Br)c1. The summed E-state index contributed by atoms with van der Waals surface area (Å²) in [4.78, 5) is 11.7. The molecule has 0 bridgehead atoms. The molecule has 1 amide bonds. The van der Waals surface area contributed by atoms with Gasteiger partial charge >= 0.3 is 0 Å². The van der Waals surface area contributed by atoms with Gasteiger partial charge < -0.3 is 9.84 Å². The highest BCUT2D eigenvalue weighted by molar-refractivity contribution is 9.11. The first-order chi connectivity index (χ1) is 11.4. The third-order valence-corrected chi connectivity index (χ3v) is 4.43. The number of rotatable bonds is 5. The monoisotopic (exact) mass is 494 g/mol. The molecule has 2 aromatic carbocycles. The van der Waals surface area contributed by atoms with Crippen LogP contribution in [0.25, 0.3) is 0 Å². The third kappa shape index (κ3) is 5.37. The fraction of sp³-hybridized carbons (Fsp3) is 0.0667. The Kier molecular flexibility index (Phi) is 6.91. The highest BCUT2D eigenvalue weighted by Crippen LogP contribution is 2.32. The molecule has 0 saturated carbocycles. The zero-order valence-electron chi connectivity index (χ0n) is 11.9. The van der Waals surface area contributed by atoms with E-state index in [4.69, 9.17) is 27.9 Å². The summed E-state index contributed by atoms with van der Waals surface area (Å²) in [6.07, 6.45) is 1.43. The van der Waals surface area contributed by atoms with Gasteiger partial charge in [0.15, 0.2) is 6.61 Å². The fourth-order valence-corrected chi connectivity index (χ4v) is 3.29. The molecule has 2 rings (SSSR count). The van der Waals surface area contributed by atoms with Crippen LogP contribution in [0.1, 0.15) is 5.56 Å². The van der Waals surface area contributed by atoms with Crippen molar-refractivity contribution < 1.29 is 14.6 Å². The van der Waals surface area contributed by atoms with E-state index in [2.05, 4.69) is 42.4 Å². The van der Waals surface area contributed by atoms with Crippen LogP contribution < -0.4 is 10.2 Å². The molecule has 0 aliphatic carbocycles. The van der Waals surface area contributed by atoms with Gasteiger partial charge in [-0.1, -0.05) is 23.2 Å². The second-order valence-corrected chi connectivity index (χ2v) is 7.04. The van der Waals surface area contributed by atoms with Crippen LogP contribution in [-0.4, -0.2) is 23.8 Å². The molecule has 126 valence electrons. The van der Waals surface area contributed by atoms with E-state index in [0.717, 1.165) is 0 Å². The van der Waals surface area contributed by atoms with E-state index in [1.165, 1.54) is 12.3 Å². The average Bonchev–Trinajstić information content (AvgIpc) is 2.51. The predicted octanol–water partition coefficient (Wildman–Crippen LogP) is 4.75. The van der Waals surface area contributed by atoms with E-state index in [1.807, 2.05) is 0 Å². The average molecular weight is 497 g/mol. The number of phenols is 1. The molecular formula is C15H10Br2Cl2N2O3. The Bertz CT molecular complexity index is 777. The van der Waals surface area contributed by atoms with Gasteiger partial charge in [-0.15, -0.1) is 0 Å². The Labute approximate surface area is 164 Å². The van der Waals surface area contributed by atoms with E-state index in [0.29, 0.717) is 30.3 Å². The van der Waals surface area contributed by atoms with E-state index >= 15 is 0 Å². The Morgan fingerprint density at radius 3 is 2.54 bits per heavy atom. The van der Waals surface area contributed by atoms with Gasteiger partial charge in [0.05, 0.1) is 20.2 Å². The molecule has 0 aromatic heterocycles. The van der Waals surface area contributed by atoms with Crippen molar-refractivity contribution >= 4 is 67.2 Å². The van der Waals surface area contributed by atoms with Gasteiger partial charge in [0, 0.05) is 5.02 Å². The number of ether oxygens (including phenoxy) is 1. The molecule has 0 heterocycles. The molecule has 24 heavy (non-hydrogen) atoms. The number of hydrogen-bond donors (Lipinski definition) is 2. The maximum absolute atomic E-state index is 11.7. The lowest BCUT2D eigenvalue weighted by Crippen LogP contribution is -2.24. The predicted molar refractivity (Wildman–Crippen MR) is 101 cm³/mol. The first kappa shape index (κ1) is 19.1. The van der Waals surface area contributed by atoms with Crippen molar-refractivity contribution in [1.82, 2.24) is 5.43 Å². The minimum atomic E-state index is -0.450. The summed E-state index contributed by atoms with van der Waals surface area (Å²) in [6, 6.07) is 8.01. The molecule has 5 nitrogen and oxygen atoms in total. The van der Waals surface area contributed by atoms with Gasteiger partial charge in [0.1, 0.15) is 11.5 Å². The van der Waals surface area contributed by atoms with Crippen molar-refractivity contribution in [2.24, 2.45) is 5.10 Å². The zero-order valence-corrected chi connectivity index (χ0v) is 16.6. The van der Waals surface area contributed by atoms with Gasteiger partial charge in [0.2, 0.25) is 0 Å². The van der Waals surface area contributed by atoms with Gasteiger partial charge in [-0.2, -0.15) is 5.10 Å².